The molecule has 6 heteroatoms. The Labute approximate surface area is 150 Å². The summed E-state index contributed by atoms with van der Waals surface area (Å²) in [5, 5.41) is 4.20. The highest BCUT2D eigenvalue weighted by Gasteiger charge is 2.23. The van der Waals surface area contributed by atoms with Crippen molar-refractivity contribution in [3.63, 3.8) is 0 Å². The van der Waals surface area contributed by atoms with E-state index in [1.54, 1.807) is 17.5 Å². The van der Waals surface area contributed by atoms with E-state index in [0.29, 0.717) is 18.3 Å². The van der Waals surface area contributed by atoms with E-state index < -0.39 is 0 Å². The molecule has 0 saturated heterocycles. The van der Waals surface area contributed by atoms with E-state index in [4.69, 9.17) is 4.98 Å². The molecule has 0 saturated carbocycles. The number of thiophene rings is 1. The van der Waals surface area contributed by atoms with E-state index in [9.17, 15) is 4.79 Å². The molecule has 3 aromatic heterocycles. The van der Waals surface area contributed by atoms with Gasteiger partial charge in [0.15, 0.2) is 0 Å². The average molecular weight is 354 g/mol. The Morgan fingerprint density at radius 3 is 3.12 bits per heavy atom. The van der Waals surface area contributed by atoms with E-state index >= 15 is 0 Å². The van der Waals surface area contributed by atoms with Crippen LogP contribution in [0.1, 0.15) is 48.3 Å². The van der Waals surface area contributed by atoms with Gasteiger partial charge in [-0.05, 0) is 49.8 Å². The number of aryl methyl sites for hydroxylation is 1. The van der Waals surface area contributed by atoms with Gasteiger partial charge in [-0.25, -0.2) is 4.98 Å². The Morgan fingerprint density at radius 1 is 1.44 bits per heavy atom. The van der Waals surface area contributed by atoms with Gasteiger partial charge in [0.05, 0.1) is 17.1 Å². The molecule has 1 aliphatic rings. The van der Waals surface area contributed by atoms with Gasteiger partial charge in [-0.1, -0.05) is 13.0 Å². The highest BCUT2D eigenvalue weighted by Crippen LogP contribution is 2.35. The molecular formula is C19H22N4OS. The van der Waals surface area contributed by atoms with Crippen molar-refractivity contribution in [3.8, 4) is 0 Å². The van der Waals surface area contributed by atoms with Gasteiger partial charge in [0.25, 0.3) is 5.56 Å². The van der Waals surface area contributed by atoms with Crippen molar-refractivity contribution in [1.82, 2.24) is 20.3 Å². The molecule has 0 bridgehead atoms. The van der Waals surface area contributed by atoms with Gasteiger partial charge < -0.3 is 10.3 Å². The predicted molar refractivity (Wildman–Crippen MR) is 101 cm³/mol. The van der Waals surface area contributed by atoms with Gasteiger partial charge in [0, 0.05) is 17.6 Å². The second kappa shape index (κ2) is 6.69. The first-order valence-electron chi connectivity index (χ1n) is 8.79. The van der Waals surface area contributed by atoms with Crippen molar-refractivity contribution in [2.45, 2.75) is 45.7 Å². The number of hydrogen-bond donors (Lipinski definition) is 2. The highest BCUT2D eigenvalue weighted by molar-refractivity contribution is 7.18. The molecular weight excluding hydrogens is 332 g/mol. The Bertz CT molecular complexity index is 947. The highest BCUT2D eigenvalue weighted by atomic mass is 32.1. The fourth-order valence-electron chi connectivity index (χ4n) is 3.43. The zero-order valence-corrected chi connectivity index (χ0v) is 15.3. The topological polar surface area (TPSA) is 70.7 Å². The molecule has 0 radical (unpaired) electrons. The zero-order valence-electron chi connectivity index (χ0n) is 14.5. The Balaban J connectivity index is 1.61. The molecule has 0 spiro atoms. The van der Waals surface area contributed by atoms with Gasteiger partial charge in [-0.2, -0.15) is 0 Å². The molecule has 0 amide bonds. The van der Waals surface area contributed by atoms with Crippen LogP contribution in [0.4, 0.5) is 0 Å². The first-order chi connectivity index (χ1) is 12.1. The van der Waals surface area contributed by atoms with Crippen LogP contribution < -0.4 is 10.9 Å². The van der Waals surface area contributed by atoms with E-state index in [2.05, 4.69) is 22.2 Å². The zero-order chi connectivity index (χ0) is 17.4. The third-order valence-electron chi connectivity index (χ3n) is 4.91. The van der Waals surface area contributed by atoms with Crippen LogP contribution in [0.2, 0.25) is 0 Å². The lowest BCUT2D eigenvalue weighted by atomic mass is 9.89. The summed E-state index contributed by atoms with van der Waals surface area (Å²) in [6.07, 6.45) is 5.00. The first-order valence-corrected chi connectivity index (χ1v) is 9.61. The third kappa shape index (κ3) is 3.24. The van der Waals surface area contributed by atoms with Gasteiger partial charge >= 0.3 is 0 Å². The van der Waals surface area contributed by atoms with E-state index in [-0.39, 0.29) is 11.6 Å². The summed E-state index contributed by atoms with van der Waals surface area (Å²) in [5.74, 6) is 1.39. The van der Waals surface area contributed by atoms with E-state index in [1.807, 2.05) is 25.1 Å². The van der Waals surface area contributed by atoms with Crippen LogP contribution >= 0.6 is 11.3 Å². The Kier molecular flexibility index (Phi) is 4.39. The quantitative estimate of drug-likeness (QED) is 0.754. The van der Waals surface area contributed by atoms with Gasteiger partial charge in [0.2, 0.25) is 0 Å². The van der Waals surface area contributed by atoms with Crippen molar-refractivity contribution in [2.75, 3.05) is 0 Å². The lowest BCUT2D eigenvalue weighted by Crippen LogP contribution is -2.24. The second-order valence-electron chi connectivity index (χ2n) is 6.91. The predicted octanol–water partition coefficient (Wildman–Crippen LogP) is 3.36. The number of hydrogen-bond acceptors (Lipinski definition) is 5. The SMILES string of the molecule is C[C@@H]1CCc2c(sc3nc([C@H](C)NCc4ccccn4)[nH]c(=O)c23)C1. The smallest absolute Gasteiger partial charge is 0.259 e. The minimum atomic E-state index is -0.0443. The summed E-state index contributed by atoms with van der Waals surface area (Å²) >= 11 is 1.69. The van der Waals surface area contributed by atoms with Gasteiger partial charge in [0.1, 0.15) is 10.7 Å². The largest absolute Gasteiger partial charge is 0.309 e. The van der Waals surface area contributed by atoms with Crippen LogP contribution in [-0.2, 0) is 19.4 Å². The number of aromatic amines is 1. The molecule has 1 aliphatic carbocycles. The number of aromatic nitrogens is 3. The number of fused-ring (bicyclic) bond motifs is 3. The summed E-state index contributed by atoms with van der Waals surface area (Å²) in [7, 11) is 0. The Hall–Kier alpha value is -2.05. The number of nitrogens with zero attached hydrogens (tertiary/aromatic N) is 2. The number of pyridine rings is 1. The summed E-state index contributed by atoms with van der Waals surface area (Å²) in [6.45, 7) is 4.94. The van der Waals surface area contributed by atoms with Crippen molar-refractivity contribution in [3.05, 3.63) is 56.7 Å². The standard InChI is InChI=1S/C19H22N4OS/c1-11-6-7-14-15(9-11)25-19-16(14)18(24)22-17(23-19)12(2)21-10-13-5-3-4-8-20-13/h3-5,8,11-12,21H,6-7,9-10H2,1-2H3,(H,22,23,24)/t11-,12+/m1/s1. The molecule has 4 rings (SSSR count). The van der Waals surface area contributed by atoms with Crippen LogP contribution in [0.3, 0.4) is 0 Å². The molecule has 0 aliphatic heterocycles. The van der Waals surface area contributed by atoms with Crippen molar-refractivity contribution < 1.29 is 0 Å². The number of H-pyrrole nitrogens is 1. The monoisotopic (exact) mass is 354 g/mol. The Morgan fingerprint density at radius 2 is 2.32 bits per heavy atom. The van der Waals surface area contributed by atoms with Crippen LogP contribution in [0.25, 0.3) is 10.2 Å². The van der Waals surface area contributed by atoms with Crippen molar-refractivity contribution in [1.29, 1.82) is 0 Å². The van der Waals surface area contributed by atoms with Crippen LogP contribution in [0.15, 0.2) is 29.2 Å². The fraction of sp³-hybridized carbons (Fsp3) is 0.421. The second-order valence-corrected chi connectivity index (χ2v) is 7.99. The normalized spacial score (nSPS) is 18.2. The fourth-order valence-corrected chi connectivity index (χ4v) is 4.82. The molecule has 0 unspecified atom stereocenters. The minimum absolute atomic E-state index is 0.00135. The number of nitrogens with one attached hydrogen (secondary N) is 2. The lowest BCUT2D eigenvalue weighted by molar-refractivity contribution is 0.509. The summed E-state index contributed by atoms with van der Waals surface area (Å²) in [5.41, 5.74) is 2.20. The molecule has 130 valence electrons. The molecule has 3 aromatic rings. The van der Waals surface area contributed by atoms with E-state index in [1.165, 1.54) is 10.4 Å². The van der Waals surface area contributed by atoms with Gasteiger partial charge in [-0.3, -0.25) is 9.78 Å². The maximum absolute atomic E-state index is 12.7. The summed E-state index contributed by atoms with van der Waals surface area (Å²) in [6, 6.07) is 5.81. The van der Waals surface area contributed by atoms with Crippen LogP contribution in [0, 0.1) is 5.92 Å². The van der Waals surface area contributed by atoms with E-state index in [0.717, 1.165) is 35.2 Å². The molecule has 5 nitrogen and oxygen atoms in total. The maximum atomic E-state index is 12.7. The molecule has 0 aromatic carbocycles. The molecule has 2 N–H and O–H groups in total. The van der Waals surface area contributed by atoms with Gasteiger partial charge in [-0.15, -0.1) is 11.3 Å². The average Bonchev–Trinajstić information content (AvgIpc) is 2.98. The third-order valence-corrected chi connectivity index (χ3v) is 6.06. The molecule has 2 atom stereocenters. The summed E-state index contributed by atoms with van der Waals surface area (Å²) in [4.78, 5) is 26.9. The van der Waals surface area contributed by atoms with Crippen LogP contribution in [-0.4, -0.2) is 15.0 Å². The lowest BCUT2D eigenvalue weighted by Gasteiger charge is -2.17. The molecule has 3 heterocycles. The first kappa shape index (κ1) is 16.4. The molecule has 25 heavy (non-hydrogen) atoms. The maximum Gasteiger partial charge on any atom is 0.259 e. The van der Waals surface area contributed by atoms with Crippen molar-refractivity contribution in [2.24, 2.45) is 5.92 Å². The van der Waals surface area contributed by atoms with Crippen molar-refractivity contribution >= 4 is 21.6 Å². The minimum Gasteiger partial charge on any atom is -0.309 e. The van der Waals surface area contributed by atoms with Crippen LogP contribution in [0.5, 0.6) is 0 Å². The summed E-state index contributed by atoms with van der Waals surface area (Å²) < 4.78 is 0. The molecule has 0 fully saturated rings. The number of rotatable bonds is 4.